The van der Waals surface area contributed by atoms with Gasteiger partial charge in [0.1, 0.15) is 0 Å². The van der Waals surface area contributed by atoms with Crippen LogP contribution in [0.1, 0.15) is 13.8 Å². The van der Waals surface area contributed by atoms with Crippen LogP contribution < -0.4 is 5.32 Å². The minimum Gasteiger partial charge on any atom is -0.312 e. The van der Waals surface area contributed by atoms with E-state index in [1.54, 1.807) is 0 Å². The van der Waals surface area contributed by atoms with Crippen LogP contribution in [0.4, 0.5) is 0 Å². The molecule has 0 aliphatic heterocycles. The summed E-state index contributed by atoms with van der Waals surface area (Å²) in [6.07, 6.45) is 0. The van der Waals surface area contributed by atoms with E-state index in [1.807, 2.05) is 0 Å². The zero-order valence-corrected chi connectivity index (χ0v) is 10.8. The molecule has 1 unspecified atom stereocenters. The molecule has 0 amide bonds. The van der Waals surface area contributed by atoms with Crippen molar-refractivity contribution >= 4 is 22.6 Å². The molecule has 74 valence electrons. The zero-order chi connectivity index (χ0) is 9.56. The quantitative estimate of drug-likeness (QED) is 0.589. The van der Waals surface area contributed by atoms with E-state index in [0.717, 1.165) is 19.0 Å². The molecule has 0 saturated heterocycles. The smallest absolute Gasteiger partial charge is 0.0180 e. The van der Waals surface area contributed by atoms with E-state index >= 15 is 0 Å². The van der Waals surface area contributed by atoms with Crippen LogP contribution in [0.25, 0.3) is 0 Å². The lowest BCUT2D eigenvalue weighted by Crippen LogP contribution is -2.39. The van der Waals surface area contributed by atoms with Gasteiger partial charge in [0.25, 0.3) is 0 Å². The Bertz CT molecular complexity index is 105. The number of rotatable bonds is 6. The molecule has 0 saturated carbocycles. The molecule has 0 aromatic rings. The second-order valence-corrected chi connectivity index (χ2v) is 4.64. The van der Waals surface area contributed by atoms with Gasteiger partial charge < -0.3 is 10.2 Å². The predicted molar refractivity (Wildman–Crippen MR) is 64.1 cm³/mol. The molecular formula is C9H21IN2. The first-order chi connectivity index (χ1) is 5.57. The van der Waals surface area contributed by atoms with Crippen LogP contribution >= 0.6 is 22.6 Å². The monoisotopic (exact) mass is 284 g/mol. The Hall–Kier alpha value is 0.650. The molecule has 0 aromatic carbocycles. The third kappa shape index (κ3) is 6.20. The summed E-state index contributed by atoms with van der Waals surface area (Å²) >= 11 is 2.45. The van der Waals surface area contributed by atoms with E-state index in [1.165, 1.54) is 4.43 Å². The average molecular weight is 284 g/mol. The number of hydrogen-bond donors (Lipinski definition) is 1. The Morgan fingerprint density at radius 1 is 1.33 bits per heavy atom. The van der Waals surface area contributed by atoms with Crippen LogP contribution in [0, 0.1) is 5.92 Å². The molecule has 0 aliphatic carbocycles. The maximum absolute atomic E-state index is 3.55. The van der Waals surface area contributed by atoms with E-state index in [0.29, 0.717) is 6.04 Å². The summed E-state index contributed by atoms with van der Waals surface area (Å²) in [6.45, 7) is 6.76. The number of likely N-dealkylation sites (N-methyl/N-ethyl adjacent to an activating group) is 1. The molecule has 0 rings (SSSR count). The molecule has 1 N–H and O–H groups in total. The summed E-state index contributed by atoms with van der Waals surface area (Å²) in [7, 11) is 4.21. The van der Waals surface area contributed by atoms with Crippen molar-refractivity contribution in [3.05, 3.63) is 0 Å². The third-order valence-corrected chi connectivity index (χ3v) is 2.89. The highest BCUT2D eigenvalue weighted by Crippen LogP contribution is 2.04. The Kier molecular flexibility index (Phi) is 7.48. The van der Waals surface area contributed by atoms with E-state index < -0.39 is 0 Å². The number of hydrogen-bond acceptors (Lipinski definition) is 2. The van der Waals surface area contributed by atoms with Gasteiger partial charge in [0.05, 0.1) is 0 Å². The summed E-state index contributed by atoms with van der Waals surface area (Å²) in [5.74, 6) is 0.740. The lowest BCUT2D eigenvalue weighted by molar-refractivity contribution is 0.366. The van der Waals surface area contributed by atoms with Crippen LogP contribution in [0.2, 0.25) is 0 Å². The first-order valence-corrected chi connectivity index (χ1v) is 6.04. The summed E-state index contributed by atoms with van der Waals surface area (Å²) < 4.78 is 1.20. The van der Waals surface area contributed by atoms with Gasteiger partial charge in [0.15, 0.2) is 0 Å². The van der Waals surface area contributed by atoms with E-state index in [2.05, 4.69) is 60.8 Å². The maximum Gasteiger partial charge on any atom is 0.0180 e. The molecule has 0 bridgehead atoms. The molecule has 12 heavy (non-hydrogen) atoms. The molecule has 0 aromatic heterocycles. The minimum atomic E-state index is 0.672. The topological polar surface area (TPSA) is 15.3 Å². The minimum absolute atomic E-state index is 0.672. The fourth-order valence-electron chi connectivity index (χ4n) is 0.942. The Labute approximate surface area is 90.2 Å². The largest absolute Gasteiger partial charge is 0.312 e. The fourth-order valence-corrected chi connectivity index (χ4v) is 2.27. The highest BCUT2D eigenvalue weighted by molar-refractivity contribution is 14.1. The molecule has 0 aliphatic rings. The van der Waals surface area contributed by atoms with Crippen LogP contribution in [-0.4, -0.2) is 42.6 Å². The van der Waals surface area contributed by atoms with Crippen molar-refractivity contribution in [1.29, 1.82) is 0 Å². The fraction of sp³-hybridized carbons (Fsp3) is 1.00. The van der Waals surface area contributed by atoms with Crippen LogP contribution in [-0.2, 0) is 0 Å². The molecule has 3 heteroatoms. The number of halogens is 1. The molecule has 0 heterocycles. The summed E-state index contributed by atoms with van der Waals surface area (Å²) in [4.78, 5) is 2.21. The van der Waals surface area contributed by atoms with Crippen molar-refractivity contribution in [3.8, 4) is 0 Å². The van der Waals surface area contributed by atoms with Gasteiger partial charge in [-0.15, -0.1) is 0 Å². The predicted octanol–water partition coefficient (Wildman–Crippen LogP) is 1.60. The van der Waals surface area contributed by atoms with E-state index in [-0.39, 0.29) is 0 Å². The standard InChI is InChI=1S/C9H21IN2/c1-8(2)9(7-10)11-5-6-12(3)4/h8-9,11H,5-7H2,1-4H3. The lowest BCUT2D eigenvalue weighted by Gasteiger charge is -2.21. The summed E-state index contributed by atoms with van der Waals surface area (Å²) in [5, 5.41) is 3.55. The summed E-state index contributed by atoms with van der Waals surface area (Å²) in [6, 6.07) is 0.672. The van der Waals surface area contributed by atoms with Gasteiger partial charge in [-0.1, -0.05) is 36.4 Å². The second kappa shape index (κ2) is 7.09. The molecule has 1 atom stereocenters. The van der Waals surface area contributed by atoms with Gasteiger partial charge >= 0.3 is 0 Å². The Balaban J connectivity index is 3.45. The molecular weight excluding hydrogens is 263 g/mol. The molecule has 0 fully saturated rings. The zero-order valence-electron chi connectivity index (χ0n) is 8.60. The maximum atomic E-state index is 3.55. The molecule has 0 spiro atoms. The summed E-state index contributed by atoms with van der Waals surface area (Å²) in [5.41, 5.74) is 0. The van der Waals surface area contributed by atoms with Crippen molar-refractivity contribution < 1.29 is 0 Å². The first kappa shape index (κ1) is 12.7. The van der Waals surface area contributed by atoms with Crippen molar-refractivity contribution in [2.24, 2.45) is 5.92 Å². The van der Waals surface area contributed by atoms with Crippen molar-refractivity contribution in [3.63, 3.8) is 0 Å². The Morgan fingerprint density at radius 3 is 2.25 bits per heavy atom. The van der Waals surface area contributed by atoms with E-state index in [4.69, 9.17) is 0 Å². The normalized spacial score (nSPS) is 14.2. The first-order valence-electron chi connectivity index (χ1n) is 4.52. The van der Waals surface area contributed by atoms with Crippen molar-refractivity contribution in [2.45, 2.75) is 19.9 Å². The second-order valence-electron chi connectivity index (χ2n) is 3.76. The number of nitrogens with zero attached hydrogens (tertiary/aromatic N) is 1. The molecule has 0 radical (unpaired) electrons. The van der Waals surface area contributed by atoms with Gasteiger partial charge in [0.2, 0.25) is 0 Å². The number of nitrogens with one attached hydrogen (secondary N) is 1. The average Bonchev–Trinajstić information content (AvgIpc) is 1.96. The van der Waals surface area contributed by atoms with Gasteiger partial charge in [0, 0.05) is 23.6 Å². The van der Waals surface area contributed by atoms with Crippen LogP contribution in [0.3, 0.4) is 0 Å². The van der Waals surface area contributed by atoms with E-state index in [9.17, 15) is 0 Å². The van der Waals surface area contributed by atoms with Gasteiger partial charge in [-0.3, -0.25) is 0 Å². The van der Waals surface area contributed by atoms with Gasteiger partial charge in [-0.25, -0.2) is 0 Å². The van der Waals surface area contributed by atoms with Crippen molar-refractivity contribution in [1.82, 2.24) is 10.2 Å². The van der Waals surface area contributed by atoms with Crippen LogP contribution in [0.15, 0.2) is 0 Å². The highest BCUT2D eigenvalue weighted by atomic mass is 127. The number of alkyl halides is 1. The lowest BCUT2D eigenvalue weighted by atomic mass is 10.1. The third-order valence-electron chi connectivity index (χ3n) is 1.94. The molecule has 2 nitrogen and oxygen atoms in total. The van der Waals surface area contributed by atoms with Crippen molar-refractivity contribution in [2.75, 3.05) is 31.6 Å². The van der Waals surface area contributed by atoms with Gasteiger partial charge in [-0.05, 0) is 20.0 Å². The Morgan fingerprint density at radius 2 is 1.92 bits per heavy atom. The van der Waals surface area contributed by atoms with Gasteiger partial charge in [-0.2, -0.15) is 0 Å². The van der Waals surface area contributed by atoms with Crippen LogP contribution in [0.5, 0.6) is 0 Å². The highest BCUT2D eigenvalue weighted by Gasteiger charge is 2.09. The SMILES string of the molecule is CC(C)C(CI)NCCN(C)C.